The summed E-state index contributed by atoms with van der Waals surface area (Å²) < 4.78 is 0.908. The summed E-state index contributed by atoms with van der Waals surface area (Å²) in [4.78, 5) is 24.3. The van der Waals surface area contributed by atoms with Crippen molar-refractivity contribution >= 4 is 39.1 Å². The Balaban J connectivity index is 1.58. The molecule has 0 fully saturated rings. The van der Waals surface area contributed by atoms with E-state index in [1.807, 2.05) is 0 Å². The van der Waals surface area contributed by atoms with Crippen LogP contribution in [0.1, 0.15) is 15.9 Å². The van der Waals surface area contributed by atoms with Gasteiger partial charge in [0.05, 0.1) is 12.1 Å². The van der Waals surface area contributed by atoms with Gasteiger partial charge in [-0.15, -0.1) is 0 Å². The number of aromatic hydroxyl groups is 1. The van der Waals surface area contributed by atoms with Gasteiger partial charge in [-0.2, -0.15) is 0 Å². The molecule has 6 heteroatoms. The average Bonchev–Trinajstić information content (AvgIpc) is 2.66. The topological polar surface area (TPSA) is 78.4 Å². The first kappa shape index (κ1) is 18.7. The molecular formula is C21H17BrN2O3. The van der Waals surface area contributed by atoms with Crippen molar-refractivity contribution in [3.8, 4) is 5.75 Å². The van der Waals surface area contributed by atoms with Gasteiger partial charge in [0.2, 0.25) is 5.91 Å². The van der Waals surface area contributed by atoms with E-state index in [9.17, 15) is 14.7 Å². The minimum Gasteiger partial charge on any atom is -0.506 e. The van der Waals surface area contributed by atoms with Gasteiger partial charge in [-0.05, 0) is 54.1 Å². The van der Waals surface area contributed by atoms with Crippen molar-refractivity contribution in [3.63, 3.8) is 0 Å². The maximum atomic E-state index is 12.2. The summed E-state index contributed by atoms with van der Waals surface area (Å²) in [5, 5.41) is 15.2. The number of rotatable bonds is 5. The van der Waals surface area contributed by atoms with Crippen LogP contribution >= 0.6 is 15.9 Å². The zero-order chi connectivity index (χ0) is 19.2. The Morgan fingerprint density at radius 1 is 0.852 bits per heavy atom. The van der Waals surface area contributed by atoms with Crippen LogP contribution in [0.5, 0.6) is 5.75 Å². The largest absolute Gasteiger partial charge is 0.506 e. The summed E-state index contributed by atoms with van der Waals surface area (Å²) >= 11 is 3.34. The van der Waals surface area contributed by atoms with Gasteiger partial charge in [-0.3, -0.25) is 9.59 Å². The van der Waals surface area contributed by atoms with Gasteiger partial charge >= 0.3 is 0 Å². The van der Waals surface area contributed by atoms with Gasteiger partial charge in [0.25, 0.3) is 5.91 Å². The Morgan fingerprint density at radius 3 is 2.19 bits per heavy atom. The SMILES string of the molecule is O=C(Cc1ccc(NC(=O)c2ccc(Br)cc2)cc1)Nc1ccccc1O. The lowest BCUT2D eigenvalue weighted by molar-refractivity contribution is -0.115. The van der Waals surface area contributed by atoms with Crippen molar-refractivity contribution in [2.24, 2.45) is 0 Å². The predicted octanol–water partition coefficient (Wildman–Crippen LogP) is 4.59. The summed E-state index contributed by atoms with van der Waals surface area (Å²) in [6, 6.07) is 20.7. The lowest BCUT2D eigenvalue weighted by Crippen LogP contribution is -2.15. The molecule has 0 aliphatic heterocycles. The Kier molecular flexibility index (Phi) is 5.88. The maximum Gasteiger partial charge on any atom is 0.255 e. The molecule has 0 aromatic heterocycles. The Bertz CT molecular complexity index is 954. The molecule has 0 radical (unpaired) electrons. The van der Waals surface area contributed by atoms with E-state index in [2.05, 4.69) is 26.6 Å². The smallest absolute Gasteiger partial charge is 0.255 e. The number of anilines is 2. The minimum atomic E-state index is -0.233. The Hall–Kier alpha value is -3.12. The first-order chi connectivity index (χ1) is 13.0. The summed E-state index contributed by atoms with van der Waals surface area (Å²) in [7, 11) is 0. The molecule has 136 valence electrons. The second-order valence-electron chi connectivity index (χ2n) is 5.90. The Morgan fingerprint density at radius 2 is 1.52 bits per heavy atom. The molecule has 3 aromatic carbocycles. The van der Waals surface area contributed by atoms with Gasteiger partial charge in [0, 0.05) is 15.7 Å². The maximum absolute atomic E-state index is 12.2. The fourth-order valence-corrected chi connectivity index (χ4v) is 2.73. The molecular weight excluding hydrogens is 408 g/mol. The monoisotopic (exact) mass is 424 g/mol. The number of phenols is 1. The van der Waals surface area contributed by atoms with Gasteiger partial charge in [0.1, 0.15) is 5.75 Å². The summed E-state index contributed by atoms with van der Waals surface area (Å²) in [6.45, 7) is 0. The van der Waals surface area contributed by atoms with E-state index in [0.717, 1.165) is 10.0 Å². The third-order valence-electron chi connectivity index (χ3n) is 3.86. The van der Waals surface area contributed by atoms with Gasteiger partial charge in [-0.25, -0.2) is 0 Å². The molecule has 2 amide bonds. The van der Waals surface area contributed by atoms with E-state index in [4.69, 9.17) is 0 Å². The highest BCUT2D eigenvalue weighted by Crippen LogP contribution is 2.22. The third kappa shape index (κ3) is 5.18. The van der Waals surface area contributed by atoms with Crippen LogP contribution in [-0.2, 0) is 11.2 Å². The van der Waals surface area contributed by atoms with Crippen molar-refractivity contribution in [2.45, 2.75) is 6.42 Å². The van der Waals surface area contributed by atoms with Crippen LogP contribution in [0.15, 0.2) is 77.3 Å². The molecule has 0 aliphatic rings. The number of benzene rings is 3. The molecule has 0 spiro atoms. The van der Waals surface area contributed by atoms with Crippen molar-refractivity contribution in [2.75, 3.05) is 10.6 Å². The van der Waals surface area contributed by atoms with Crippen LogP contribution in [-0.4, -0.2) is 16.9 Å². The summed E-state index contributed by atoms with van der Waals surface area (Å²) in [5.41, 5.74) is 2.38. The van der Waals surface area contributed by atoms with Crippen LogP contribution in [0, 0.1) is 0 Å². The molecule has 0 aliphatic carbocycles. The predicted molar refractivity (Wildman–Crippen MR) is 109 cm³/mol. The molecule has 0 heterocycles. The molecule has 0 atom stereocenters. The molecule has 27 heavy (non-hydrogen) atoms. The lowest BCUT2D eigenvalue weighted by Gasteiger charge is -2.08. The van der Waals surface area contributed by atoms with E-state index >= 15 is 0 Å². The summed E-state index contributed by atoms with van der Waals surface area (Å²) in [5.74, 6) is -0.410. The average molecular weight is 425 g/mol. The number of nitrogens with one attached hydrogen (secondary N) is 2. The van der Waals surface area contributed by atoms with Crippen molar-refractivity contribution in [1.29, 1.82) is 0 Å². The van der Waals surface area contributed by atoms with E-state index < -0.39 is 0 Å². The highest BCUT2D eigenvalue weighted by molar-refractivity contribution is 9.10. The molecule has 3 rings (SSSR count). The van der Waals surface area contributed by atoms with Crippen LogP contribution < -0.4 is 10.6 Å². The molecule has 3 N–H and O–H groups in total. The summed E-state index contributed by atoms with van der Waals surface area (Å²) in [6.07, 6.45) is 0.162. The number of carbonyl (C=O) groups is 2. The standard InChI is InChI=1S/C21H17BrN2O3/c22-16-9-7-15(8-10-16)21(27)23-17-11-5-14(6-12-17)13-20(26)24-18-3-1-2-4-19(18)25/h1-12,25H,13H2,(H,23,27)(H,24,26). The van der Waals surface area contributed by atoms with Crippen molar-refractivity contribution in [1.82, 2.24) is 0 Å². The van der Waals surface area contributed by atoms with Crippen molar-refractivity contribution < 1.29 is 14.7 Å². The highest BCUT2D eigenvalue weighted by atomic mass is 79.9. The quantitative estimate of drug-likeness (QED) is 0.524. The molecule has 0 bridgehead atoms. The molecule has 3 aromatic rings. The van der Waals surface area contributed by atoms with Gasteiger partial charge in [0.15, 0.2) is 0 Å². The fourth-order valence-electron chi connectivity index (χ4n) is 2.47. The van der Waals surface area contributed by atoms with Gasteiger partial charge in [-0.1, -0.05) is 40.2 Å². The number of halogens is 1. The van der Waals surface area contributed by atoms with E-state index in [0.29, 0.717) is 16.9 Å². The molecule has 0 unspecified atom stereocenters. The Labute approximate surface area is 165 Å². The normalized spacial score (nSPS) is 10.3. The zero-order valence-corrected chi connectivity index (χ0v) is 15.9. The number of amides is 2. The highest BCUT2D eigenvalue weighted by Gasteiger charge is 2.08. The molecule has 0 saturated carbocycles. The number of carbonyl (C=O) groups excluding carboxylic acids is 2. The lowest BCUT2D eigenvalue weighted by atomic mass is 10.1. The second-order valence-corrected chi connectivity index (χ2v) is 6.82. The first-order valence-electron chi connectivity index (χ1n) is 8.25. The third-order valence-corrected chi connectivity index (χ3v) is 4.39. The van der Waals surface area contributed by atoms with Crippen LogP contribution in [0.3, 0.4) is 0 Å². The fraction of sp³-hybridized carbons (Fsp3) is 0.0476. The zero-order valence-electron chi connectivity index (χ0n) is 14.3. The van der Waals surface area contributed by atoms with Crippen LogP contribution in [0.4, 0.5) is 11.4 Å². The molecule has 0 saturated heterocycles. The number of para-hydroxylation sites is 2. The van der Waals surface area contributed by atoms with Crippen LogP contribution in [0.2, 0.25) is 0 Å². The first-order valence-corrected chi connectivity index (χ1v) is 9.04. The second kappa shape index (κ2) is 8.51. The number of phenolic OH excluding ortho intramolecular Hbond substituents is 1. The van der Waals surface area contributed by atoms with E-state index in [1.165, 1.54) is 6.07 Å². The van der Waals surface area contributed by atoms with Crippen LogP contribution in [0.25, 0.3) is 0 Å². The van der Waals surface area contributed by atoms with E-state index in [1.54, 1.807) is 66.7 Å². The van der Waals surface area contributed by atoms with Gasteiger partial charge < -0.3 is 15.7 Å². The number of hydrogen-bond acceptors (Lipinski definition) is 3. The number of hydrogen-bond donors (Lipinski definition) is 3. The van der Waals surface area contributed by atoms with E-state index in [-0.39, 0.29) is 24.0 Å². The van der Waals surface area contributed by atoms with Crippen molar-refractivity contribution in [3.05, 3.63) is 88.4 Å². The minimum absolute atomic E-state index is 0.0249. The molecule has 5 nitrogen and oxygen atoms in total.